The maximum Gasteiger partial charge on any atom is 0.307 e. The van der Waals surface area contributed by atoms with E-state index >= 15 is 0 Å². The number of nitrogens with zero attached hydrogens (tertiary/aromatic N) is 1. The molecule has 0 bridgehead atoms. The summed E-state index contributed by atoms with van der Waals surface area (Å²) in [6.07, 6.45) is 0.678. The number of carbonyl (C=O) groups is 1. The second-order valence-corrected chi connectivity index (χ2v) is 5.68. The molecule has 0 amide bonds. The van der Waals surface area contributed by atoms with Crippen LogP contribution in [-0.2, 0) is 17.8 Å². The predicted molar refractivity (Wildman–Crippen MR) is 75.6 cm³/mol. The van der Waals surface area contributed by atoms with Crippen LogP contribution >= 0.6 is 11.3 Å². The smallest absolute Gasteiger partial charge is 0.307 e. The lowest BCUT2D eigenvalue weighted by Crippen LogP contribution is -2.16. The Balaban J connectivity index is 2.09. The van der Waals surface area contributed by atoms with Crippen molar-refractivity contribution in [2.24, 2.45) is 0 Å². The first-order valence-corrected chi connectivity index (χ1v) is 7.03. The van der Waals surface area contributed by atoms with Gasteiger partial charge in [0.25, 0.3) is 0 Å². The number of aromatic nitrogens is 1. The van der Waals surface area contributed by atoms with Crippen molar-refractivity contribution < 1.29 is 14.6 Å². The second kappa shape index (κ2) is 4.79. The summed E-state index contributed by atoms with van der Waals surface area (Å²) in [5, 5.41) is 8.80. The number of methoxy groups -OCH3 is 1. The van der Waals surface area contributed by atoms with E-state index in [4.69, 9.17) is 9.84 Å². The Morgan fingerprint density at radius 3 is 3.00 bits per heavy atom. The van der Waals surface area contributed by atoms with Gasteiger partial charge in [0.2, 0.25) is 0 Å². The van der Waals surface area contributed by atoms with Crippen molar-refractivity contribution in [3.63, 3.8) is 0 Å². The van der Waals surface area contributed by atoms with Gasteiger partial charge in [0.15, 0.2) is 0 Å². The Labute approximate surface area is 119 Å². The molecule has 0 aliphatic heterocycles. The lowest BCUT2D eigenvalue weighted by atomic mass is 10.1. The minimum atomic E-state index is -0.902. The molecule has 1 aromatic carbocycles. The average Bonchev–Trinajstić information content (AvgIpc) is 2.90. The van der Waals surface area contributed by atoms with Gasteiger partial charge < -0.3 is 9.84 Å². The van der Waals surface area contributed by atoms with E-state index < -0.39 is 5.97 Å². The van der Waals surface area contributed by atoms with Crippen molar-refractivity contribution in [2.75, 3.05) is 7.11 Å². The maximum absolute atomic E-state index is 12.0. The van der Waals surface area contributed by atoms with Gasteiger partial charge >= 0.3 is 10.8 Å². The largest absolute Gasteiger partial charge is 0.497 e. The number of carboxylic acid groups (broad SMARTS) is 1. The third-order valence-corrected chi connectivity index (χ3v) is 4.42. The lowest BCUT2D eigenvalue weighted by Gasteiger charge is -2.08. The van der Waals surface area contributed by atoms with Gasteiger partial charge in [0, 0.05) is 23.4 Å². The van der Waals surface area contributed by atoms with Crippen molar-refractivity contribution in [2.45, 2.75) is 19.4 Å². The van der Waals surface area contributed by atoms with Crippen molar-refractivity contribution in [3.8, 4) is 17.0 Å². The predicted octanol–water partition coefficient (Wildman–Crippen LogP) is 1.96. The molecule has 0 saturated heterocycles. The summed E-state index contributed by atoms with van der Waals surface area (Å²) in [4.78, 5) is 23.6. The summed E-state index contributed by atoms with van der Waals surface area (Å²) in [6.45, 7) is 0.205. The number of ether oxygens (including phenoxy) is 1. The van der Waals surface area contributed by atoms with E-state index in [0.29, 0.717) is 0 Å². The average molecular weight is 291 g/mol. The van der Waals surface area contributed by atoms with Gasteiger partial charge in [-0.15, -0.1) is 0 Å². The summed E-state index contributed by atoms with van der Waals surface area (Å²) in [6, 6.07) is 5.80. The Hall–Kier alpha value is -2.08. The summed E-state index contributed by atoms with van der Waals surface area (Å²) in [5.74, 6) is -0.166. The van der Waals surface area contributed by atoms with Gasteiger partial charge in [0.1, 0.15) is 5.75 Å². The van der Waals surface area contributed by atoms with E-state index in [1.807, 2.05) is 18.2 Å². The topological polar surface area (TPSA) is 68.5 Å². The standard InChI is InChI=1S/C14H13NO4S/c1-19-9-3-2-8-6-11-13(10(8)7-9)15(14(18)20-11)5-4-12(16)17/h2-3,7H,4-6H2,1H3,(H,16,17). The highest BCUT2D eigenvalue weighted by Crippen LogP contribution is 2.39. The van der Waals surface area contributed by atoms with Gasteiger partial charge in [-0.05, 0) is 17.7 Å². The van der Waals surface area contributed by atoms with Crippen molar-refractivity contribution in [1.29, 1.82) is 0 Å². The highest BCUT2D eigenvalue weighted by Gasteiger charge is 2.26. The number of carboxylic acids is 1. The van der Waals surface area contributed by atoms with Crippen LogP contribution in [0.3, 0.4) is 0 Å². The first-order valence-electron chi connectivity index (χ1n) is 6.21. The quantitative estimate of drug-likeness (QED) is 0.798. The molecule has 1 aliphatic carbocycles. The van der Waals surface area contributed by atoms with E-state index in [-0.39, 0.29) is 17.8 Å². The summed E-state index contributed by atoms with van der Waals surface area (Å²) < 4.78 is 6.79. The van der Waals surface area contributed by atoms with Crippen LogP contribution < -0.4 is 9.61 Å². The van der Waals surface area contributed by atoms with Crippen LogP contribution in [0.25, 0.3) is 11.3 Å². The fourth-order valence-electron chi connectivity index (χ4n) is 2.51. The number of hydrogen-bond donors (Lipinski definition) is 1. The molecule has 0 radical (unpaired) electrons. The highest BCUT2D eigenvalue weighted by molar-refractivity contribution is 7.09. The maximum atomic E-state index is 12.0. The highest BCUT2D eigenvalue weighted by atomic mass is 32.1. The molecule has 0 saturated carbocycles. The molecule has 1 aliphatic rings. The molecule has 5 nitrogen and oxygen atoms in total. The van der Waals surface area contributed by atoms with Gasteiger partial charge in [-0.3, -0.25) is 14.2 Å². The molecule has 3 rings (SSSR count). The molecule has 0 fully saturated rings. The molecule has 1 aromatic heterocycles. The van der Waals surface area contributed by atoms with Gasteiger partial charge in [0.05, 0.1) is 19.2 Å². The monoisotopic (exact) mass is 291 g/mol. The van der Waals surface area contributed by atoms with Crippen molar-refractivity contribution >= 4 is 17.3 Å². The van der Waals surface area contributed by atoms with Gasteiger partial charge in [-0.2, -0.15) is 0 Å². The van der Waals surface area contributed by atoms with E-state index in [1.165, 1.54) is 11.3 Å². The number of thiazole rings is 1. The molecule has 6 heteroatoms. The molecule has 2 aromatic rings. The van der Waals surface area contributed by atoms with Crippen LogP contribution in [0.1, 0.15) is 16.9 Å². The lowest BCUT2D eigenvalue weighted by molar-refractivity contribution is -0.137. The zero-order valence-electron chi connectivity index (χ0n) is 10.9. The summed E-state index contributed by atoms with van der Waals surface area (Å²) in [7, 11) is 1.60. The molecule has 0 unspecified atom stereocenters. The van der Waals surface area contributed by atoms with Crippen LogP contribution in [0, 0.1) is 0 Å². The first kappa shape index (κ1) is 12.9. The molecule has 1 heterocycles. The van der Waals surface area contributed by atoms with E-state index in [2.05, 4.69) is 0 Å². The number of fused-ring (bicyclic) bond motifs is 3. The van der Waals surface area contributed by atoms with Gasteiger partial charge in [-0.1, -0.05) is 17.4 Å². The second-order valence-electron chi connectivity index (χ2n) is 4.63. The van der Waals surface area contributed by atoms with Crippen molar-refractivity contribution in [1.82, 2.24) is 4.57 Å². The van der Waals surface area contributed by atoms with Crippen LogP contribution in [0.15, 0.2) is 23.0 Å². The van der Waals surface area contributed by atoms with E-state index in [0.717, 1.165) is 33.9 Å². The van der Waals surface area contributed by atoms with Crippen LogP contribution in [0.2, 0.25) is 0 Å². The number of benzene rings is 1. The van der Waals surface area contributed by atoms with Crippen molar-refractivity contribution in [3.05, 3.63) is 38.3 Å². The molecule has 0 atom stereocenters. The van der Waals surface area contributed by atoms with Crippen LogP contribution in [0.4, 0.5) is 0 Å². The third kappa shape index (κ3) is 2.02. The molecule has 20 heavy (non-hydrogen) atoms. The van der Waals surface area contributed by atoms with E-state index in [1.54, 1.807) is 11.7 Å². The van der Waals surface area contributed by atoms with Crippen LogP contribution in [-0.4, -0.2) is 22.8 Å². The fraction of sp³-hybridized carbons (Fsp3) is 0.286. The zero-order chi connectivity index (χ0) is 14.3. The summed E-state index contributed by atoms with van der Waals surface area (Å²) in [5.41, 5.74) is 2.98. The third-order valence-electron chi connectivity index (χ3n) is 3.44. The number of hydrogen-bond acceptors (Lipinski definition) is 4. The zero-order valence-corrected chi connectivity index (χ0v) is 11.7. The molecular weight excluding hydrogens is 278 g/mol. The van der Waals surface area contributed by atoms with Crippen LogP contribution in [0.5, 0.6) is 5.75 Å². The SMILES string of the molecule is COc1ccc2c(c1)-c1c(sc(=O)n1CCC(=O)O)C2. The number of aliphatic carboxylic acids is 1. The Bertz CT molecular complexity index is 744. The summed E-state index contributed by atoms with van der Waals surface area (Å²) >= 11 is 1.20. The molecular formula is C14H13NO4S. The Morgan fingerprint density at radius 1 is 1.50 bits per heavy atom. The Morgan fingerprint density at radius 2 is 2.30 bits per heavy atom. The Kier molecular flexibility index (Phi) is 3.10. The minimum Gasteiger partial charge on any atom is -0.497 e. The fourth-order valence-corrected chi connectivity index (χ4v) is 3.55. The minimum absolute atomic E-state index is 0.0532. The number of rotatable bonds is 4. The first-order chi connectivity index (χ1) is 9.60. The molecule has 104 valence electrons. The molecule has 1 N–H and O–H groups in total. The van der Waals surface area contributed by atoms with Gasteiger partial charge in [-0.25, -0.2) is 0 Å². The van der Waals surface area contributed by atoms with E-state index in [9.17, 15) is 9.59 Å². The normalized spacial score (nSPS) is 12.1. The molecule has 0 spiro atoms.